The van der Waals surface area contributed by atoms with Gasteiger partial charge in [0.1, 0.15) is 0 Å². The number of carbonyl (C=O) groups excluding carboxylic acids is 1. The highest BCUT2D eigenvalue weighted by atomic mass is 16.5. The molecule has 1 atom stereocenters. The molecule has 6 nitrogen and oxygen atoms in total. The molecule has 0 saturated carbocycles. The van der Waals surface area contributed by atoms with Crippen molar-refractivity contribution in [3.05, 3.63) is 64.7 Å². The molecule has 3 N–H and O–H groups in total. The van der Waals surface area contributed by atoms with Gasteiger partial charge in [-0.1, -0.05) is 18.2 Å². The Labute approximate surface area is 179 Å². The summed E-state index contributed by atoms with van der Waals surface area (Å²) in [6.45, 7) is 6.55. The van der Waals surface area contributed by atoms with Gasteiger partial charge in [0.25, 0.3) is 5.91 Å². The maximum absolute atomic E-state index is 11.9. The topological polar surface area (TPSA) is 70.8 Å². The molecule has 1 fully saturated rings. The first-order valence-corrected chi connectivity index (χ1v) is 10.9. The van der Waals surface area contributed by atoms with Crippen LogP contribution in [0, 0.1) is 0 Å². The first-order valence-electron chi connectivity index (χ1n) is 10.9. The smallest absolute Gasteiger partial charge is 0.251 e. The lowest BCUT2D eigenvalue weighted by atomic mass is 9.93. The number of amides is 1. The highest BCUT2D eigenvalue weighted by molar-refractivity contribution is 5.94. The van der Waals surface area contributed by atoms with Gasteiger partial charge in [0, 0.05) is 57.6 Å². The van der Waals surface area contributed by atoms with Crippen LogP contribution < -0.4 is 16.0 Å². The van der Waals surface area contributed by atoms with E-state index >= 15 is 0 Å². The molecule has 30 heavy (non-hydrogen) atoms. The van der Waals surface area contributed by atoms with E-state index < -0.39 is 0 Å². The van der Waals surface area contributed by atoms with Gasteiger partial charge in [-0.05, 0) is 53.8 Å². The number of rotatable bonds is 6. The predicted octanol–water partition coefficient (Wildman–Crippen LogP) is 2.33. The number of piperazine rings is 1. The van der Waals surface area contributed by atoms with Gasteiger partial charge in [-0.3, -0.25) is 9.69 Å². The number of carbonyl (C=O) groups is 1. The summed E-state index contributed by atoms with van der Waals surface area (Å²) in [7, 11) is 1.67. The lowest BCUT2D eigenvalue weighted by Gasteiger charge is -2.37. The van der Waals surface area contributed by atoms with E-state index in [0.29, 0.717) is 6.54 Å². The molecule has 0 aromatic heterocycles. The van der Waals surface area contributed by atoms with Crippen molar-refractivity contribution in [3.8, 4) is 0 Å². The molecule has 2 aliphatic rings. The number of nitrogens with one attached hydrogen (secondary N) is 1. The molecule has 0 spiro atoms. The number of hydrogen-bond acceptors (Lipinski definition) is 5. The molecular formula is C24H32N4O2. The van der Waals surface area contributed by atoms with Crippen LogP contribution in [0.15, 0.2) is 42.5 Å². The minimum Gasteiger partial charge on any atom is -0.373 e. The van der Waals surface area contributed by atoms with Gasteiger partial charge in [0.2, 0.25) is 0 Å². The number of nitrogens with zero attached hydrogens (tertiary/aromatic N) is 2. The molecule has 1 amide bonds. The number of ether oxygens (including phenoxy) is 1. The fourth-order valence-electron chi connectivity index (χ4n) is 4.43. The van der Waals surface area contributed by atoms with Crippen LogP contribution in [0.3, 0.4) is 0 Å². The third kappa shape index (κ3) is 4.67. The monoisotopic (exact) mass is 408 g/mol. The number of hydrogen-bond donors (Lipinski definition) is 2. The van der Waals surface area contributed by atoms with Crippen molar-refractivity contribution in [1.29, 1.82) is 0 Å². The Morgan fingerprint density at radius 1 is 1.13 bits per heavy atom. The van der Waals surface area contributed by atoms with Gasteiger partial charge in [0.05, 0.1) is 12.7 Å². The van der Waals surface area contributed by atoms with Crippen LogP contribution in [0.5, 0.6) is 0 Å². The highest BCUT2D eigenvalue weighted by Gasteiger charge is 2.24. The zero-order chi connectivity index (χ0) is 20.9. The maximum Gasteiger partial charge on any atom is 0.251 e. The Balaban J connectivity index is 1.30. The summed E-state index contributed by atoms with van der Waals surface area (Å²) in [5.41, 5.74) is 11.4. The average Bonchev–Trinajstić information content (AvgIpc) is 2.82. The number of anilines is 1. The van der Waals surface area contributed by atoms with Crippen LogP contribution >= 0.6 is 0 Å². The van der Waals surface area contributed by atoms with Crippen molar-refractivity contribution in [2.45, 2.75) is 25.5 Å². The second kappa shape index (κ2) is 9.60. The Hall–Kier alpha value is -2.41. The van der Waals surface area contributed by atoms with Gasteiger partial charge >= 0.3 is 0 Å². The number of nitrogens with two attached hydrogens (primary N) is 1. The second-order valence-electron chi connectivity index (χ2n) is 8.09. The van der Waals surface area contributed by atoms with E-state index in [-0.39, 0.29) is 12.0 Å². The summed E-state index contributed by atoms with van der Waals surface area (Å²) in [6, 6.07) is 14.6. The largest absolute Gasteiger partial charge is 0.373 e. The fourth-order valence-corrected chi connectivity index (χ4v) is 4.43. The summed E-state index contributed by atoms with van der Waals surface area (Å²) in [5.74, 6) is -0.0311. The Bertz CT molecular complexity index is 860. The quantitative estimate of drug-likeness (QED) is 0.768. The molecule has 0 aliphatic carbocycles. The van der Waals surface area contributed by atoms with E-state index in [1.807, 2.05) is 12.1 Å². The Kier molecular flexibility index (Phi) is 6.67. The van der Waals surface area contributed by atoms with E-state index in [9.17, 15) is 4.79 Å². The average molecular weight is 409 g/mol. The van der Waals surface area contributed by atoms with Crippen molar-refractivity contribution >= 4 is 11.6 Å². The van der Waals surface area contributed by atoms with Gasteiger partial charge in [-0.25, -0.2) is 0 Å². The van der Waals surface area contributed by atoms with E-state index in [4.69, 9.17) is 10.5 Å². The first-order chi connectivity index (χ1) is 14.7. The zero-order valence-electron chi connectivity index (χ0n) is 17.8. The minimum atomic E-state index is -0.0311. The predicted molar refractivity (Wildman–Crippen MR) is 120 cm³/mol. The van der Waals surface area contributed by atoms with Crippen molar-refractivity contribution in [2.75, 3.05) is 51.3 Å². The van der Waals surface area contributed by atoms with Gasteiger partial charge < -0.3 is 20.7 Å². The van der Waals surface area contributed by atoms with E-state index in [1.54, 1.807) is 7.05 Å². The molecule has 0 bridgehead atoms. The molecule has 160 valence electrons. The van der Waals surface area contributed by atoms with E-state index in [2.05, 4.69) is 45.4 Å². The molecule has 1 unspecified atom stereocenters. The SMILES string of the molecule is CNC(=O)c1ccc2c(c1)CCOC2CCN1CCN(c2ccc(CN)cc2)CC1. The number of fused-ring (bicyclic) bond motifs is 1. The first kappa shape index (κ1) is 20.8. The van der Waals surface area contributed by atoms with Gasteiger partial charge in [0.15, 0.2) is 0 Å². The summed E-state index contributed by atoms with van der Waals surface area (Å²) in [5, 5.41) is 2.70. The molecule has 1 saturated heterocycles. The molecule has 2 aromatic carbocycles. The van der Waals surface area contributed by atoms with Gasteiger partial charge in [-0.2, -0.15) is 0 Å². The Morgan fingerprint density at radius 3 is 2.60 bits per heavy atom. The van der Waals surface area contributed by atoms with E-state index in [1.165, 1.54) is 22.4 Å². The van der Waals surface area contributed by atoms with Crippen molar-refractivity contribution < 1.29 is 9.53 Å². The fraction of sp³-hybridized carbons (Fsp3) is 0.458. The summed E-state index contributed by atoms with van der Waals surface area (Å²) >= 11 is 0. The lowest BCUT2D eigenvalue weighted by Crippen LogP contribution is -2.47. The van der Waals surface area contributed by atoms with Crippen LogP contribution in [0.2, 0.25) is 0 Å². The Morgan fingerprint density at radius 2 is 1.90 bits per heavy atom. The molecule has 6 heteroatoms. The highest BCUT2D eigenvalue weighted by Crippen LogP contribution is 2.31. The van der Waals surface area contributed by atoms with Crippen molar-refractivity contribution in [1.82, 2.24) is 10.2 Å². The van der Waals surface area contributed by atoms with Crippen molar-refractivity contribution in [2.24, 2.45) is 5.73 Å². The molecule has 2 heterocycles. The van der Waals surface area contributed by atoms with Gasteiger partial charge in [-0.15, -0.1) is 0 Å². The standard InChI is InChI=1S/C24H32N4O2/c1-26-24(29)20-4-7-22-19(16-20)9-15-30-23(22)8-10-27-11-13-28(14-12-27)21-5-2-18(17-25)3-6-21/h2-7,16,23H,8-15,17,25H2,1H3,(H,26,29). The second-order valence-corrected chi connectivity index (χ2v) is 8.09. The van der Waals surface area contributed by atoms with Crippen LogP contribution in [0.4, 0.5) is 5.69 Å². The maximum atomic E-state index is 11.9. The molecule has 2 aliphatic heterocycles. The summed E-state index contributed by atoms with van der Waals surface area (Å²) in [6.07, 6.45) is 1.98. The molecule has 4 rings (SSSR count). The number of benzene rings is 2. The zero-order valence-corrected chi connectivity index (χ0v) is 17.8. The third-order valence-corrected chi connectivity index (χ3v) is 6.29. The van der Waals surface area contributed by atoms with Crippen LogP contribution in [0.1, 0.15) is 39.6 Å². The summed E-state index contributed by atoms with van der Waals surface area (Å²) in [4.78, 5) is 16.9. The van der Waals surface area contributed by atoms with Crippen LogP contribution in [0.25, 0.3) is 0 Å². The molecule has 2 aromatic rings. The normalized spacial score (nSPS) is 19.4. The van der Waals surface area contributed by atoms with Crippen molar-refractivity contribution in [3.63, 3.8) is 0 Å². The minimum absolute atomic E-state index is 0.0311. The third-order valence-electron chi connectivity index (χ3n) is 6.29. The lowest BCUT2D eigenvalue weighted by molar-refractivity contribution is 0.0288. The van der Waals surface area contributed by atoms with Crippen LogP contribution in [-0.2, 0) is 17.7 Å². The summed E-state index contributed by atoms with van der Waals surface area (Å²) < 4.78 is 6.09. The van der Waals surface area contributed by atoms with E-state index in [0.717, 1.165) is 57.7 Å². The molecule has 0 radical (unpaired) electrons. The van der Waals surface area contributed by atoms with Crippen LogP contribution in [-0.4, -0.2) is 57.2 Å². The molecular weight excluding hydrogens is 376 g/mol.